The van der Waals surface area contributed by atoms with Crippen molar-refractivity contribution in [1.82, 2.24) is 0 Å². The van der Waals surface area contributed by atoms with Crippen LogP contribution in [-0.2, 0) is 0 Å². The summed E-state index contributed by atoms with van der Waals surface area (Å²) in [6, 6.07) is 13.5. The minimum Gasteiger partial charge on any atom is -0.368 e. The van der Waals surface area contributed by atoms with Crippen LogP contribution in [-0.4, -0.2) is 17.5 Å². The molecule has 0 unspecified atom stereocenters. The van der Waals surface area contributed by atoms with Gasteiger partial charge in [0.2, 0.25) is 0 Å². The Morgan fingerprint density at radius 3 is 2.72 bits per heavy atom. The number of anilines is 1. The van der Waals surface area contributed by atoms with Gasteiger partial charge in [0.25, 0.3) is 5.69 Å². The maximum Gasteiger partial charge on any atom is 0.270 e. The number of hydrogen-bond donors (Lipinski definition) is 0. The summed E-state index contributed by atoms with van der Waals surface area (Å²) in [5, 5.41) is 11.1. The van der Waals surface area contributed by atoms with Gasteiger partial charge in [0.1, 0.15) is 0 Å². The van der Waals surface area contributed by atoms with Crippen LogP contribution in [0.25, 0.3) is 11.1 Å². The monoisotopic (exact) mass is 336 g/mol. The summed E-state index contributed by atoms with van der Waals surface area (Å²) < 4.78 is 0. The highest BCUT2D eigenvalue weighted by Crippen LogP contribution is 2.53. The predicted molar refractivity (Wildman–Crippen MR) is 101 cm³/mol. The third-order valence-electron chi connectivity index (χ3n) is 6.35. The smallest absolute Gasteiger partial charge is 0.270 e. The van der Waals surface area contributed by atoms with Crippen molar-refractivity contribution in [2.24, 2.45) is 0 Å². The van der Waals surface area contributed by atoms with E-state index in [9.17, 15) is 10.1 Å². The maximum absolute atomic E-state index is 11.1. The van der Waals surface area contributed by atoms with Crippen LogP contribution in [0.3, 0.4) is 0 Å². The molecule has 0 saturated heterocycles. The SMILES string of the molecule is CN1c2ccc(-c3cccc([N+](=O)[O-])c3)cc2[C@@H]2CCCCC[C@]21C. The van der Waals surface area contributed by atoms with Crippen LogP contribution in [0.5, 0.6) is 0 Å². The van der Waals surface area contributed by atoms with E-state index in [1.807, 2.05) is 6.07 Å². The number of likely N-dealkylation sites (N-methyl/N-ethyl adjacent to an activating group) is 1. The molecule has 0 radical (unpaired) electrons. The minimum absolute atomic E-state index is 0.148. The van der Waals surface area contributed by atoms with E-state index < -0.39 is 0 Å². The highest BCUT2D eigenvalue weighted by atomic mass is 16.6. The molecule has 0 bridgehead atoms. The van der Waals surface area contributed by atoms with Crippen molar-refractivity contribution in [3.8, 4) is 11.1 Å². The summed E-state index contributed by atoms with van der Waals surface area (Å²) in [4.78, 5) is 13.2. The zero-order chi connectivity index (χ0) is 17.6. The lowest BCUT2D eigenvalue weighted by Crippen LogP contribution is -2.43. The van der Waals surface area contributed by atoms with Crippen molar-refractivity contribution in [3.05, 3.63) is 58.1 Å². The van der Waals surface area contributed by atoms with E-state index in [0.29, 0.717) is 5.92 Å². The highest BCUT2D eigenvalue weighted by Gasteiger charge is 2.46. The van der Waals surface area contributed by atoms with E-state index in [0.717, 1.165) is 11.1 Å². The van der Waals surface area contributed by atoms with Crippen LogP contribution in [0.4, 0.5) is 11.4 Å². The molecular weight excluding hydrogens is 312 g/mol. The Labute approximate surface area is 148 Å². The topological polar surface area (TPSA) is 46.4 Å². The second-order valence-electron chi connectivity index (χ2n) is 7.65. The average Bonchev–Trinajstić information content (AvgIpc) is 2.75. The van der Waals surface area contributed by atoms with Crippen LogP contribution in [0.15, 0.2) is 42.5 Å². The molecule has 4 heteroatoms. The van der Waals surface area contributed by atoms with Gasteiger partial charge in [0.15, 0.2) is 0 Å². The van der Waals surface area contributed by atoms with Crippen molar-refractivity contribution < 1.29 is 4.92 Å². The van der Waals surface area contributed by atoms with Gasteiger partial charge in [-0.3, -0.25) is 10.1 Å². The van der Waals surface area contributed by atoms with Crippen molar-refractivity contribution in [3.63, 3.8) is 0 Å². The maximum atomic E-state index is 11.1. The molecule has 1 aliphatic heterocycles. The molecule has 2 aromatic rings. The van der Waals surface area contributed by atoms with Crippen LogP contribution < -0.4 is 4.90 Å². The Morgan fingerprint density at radius 2 is 1.92 bits per heavy atom. The largest absolute Gasteiger partial charge is 0.368 e. The Balaban J connectivity index is 1.79. The number of non-ortho nitro benzene ring substituents is 1. The first kappa shape index (κ1) is 16.1. The third kappa shape index (κ3) is 2.51. The predicted octanol–water partition coefficient (Wildman–Crippen LogP) is 5.52. The first-order valence-electron chi connectivity index (χ1n) is 9.13. The second-order valence-corrected chi connectivity index (χ2v) is 7.65. The average molecular weight is 336 g/mol. The molecule has 2 atom stereocenters. The van der Waals surface area contributed by atoms with Crippen molar-refractivity contribution in [2.45, 2.75) is 50.5 Å². The summed E-state index contributed by atoms with van der Waals surface area (Å²) in [6.07, 6.45) is 6.36. The Hall–Kier alpha value is -2.36. The quantitative estimate of drug-likeness (QED) is 0.536. The van der Waals surface area contributed by atoms with Gasteiger partial charge in [-0.05, 0) is 48.6 Å². The first-order chi connectivity index (χ1) is 12.0. The molecule has 130 valence electrons. The van der Waals surface area contributed by atoms with Gasteiger partial charge in [-0.2, -0.15) is 0 Å². The zero-order valence-electron chi connectivity index (χ0n) is 14.9. The minimum atomic E-state index is -0.326. The number of nitro groups is 1. The normalized spacial score (nSPS) is 25.2. The van der Waals surface area contributed by atoms with Crippen molar-refractivity contribution in [2.75, 3.05) is 11.9 Å². The first-order valence-corrected chi connectivity index (χ1v) is 9.13. The van der Waals surface area contributed by atoms with Crippen molar-refractivity contribution in [1.29, 1.82) is 0 Å². The van der Waals surface area contributed by atoms with Gasteiger partial charge in [0, 0.05) is 36.3 Å². The van der Waals surface area contributed by atoms with E-state index >= 15 is 0 Å². The number of hydrogen-bond acceptors (Lipinski definition) is 3. The summed E-state index contributed by atoms with van der Waals surface area (Å²) in [5.41, 5.74) is 5.07. The molecule has 25 heavy (non-hydrogen) atoms. The fraction of sp³-hybridized carbons (Fsp3) is 0.429. The van der Waals surface area contributed by atoms with Gasteiger partial charge in [-0.25, -0.2) is 0 Å². The summed E-state index contributed by atoms with van der Waals surface area (Å²) in [6.45, 7) is 2.40. The number of fused-ring (bicyclic) bond motifs is 3. The summed E-state index contributed by atoms with van der Waals surface area (Å²) in [5.74, 6) is 0.550. The molecule has 1 saturated carbocycles. The summed E-state index contributed by atoms with van der Waals surface area (Å²) >= 11 is 0. The fourth-order valence-electron chi connectivity index (χ4n) is 4.78. The second kappa shape index (κ2) is 5.87. The fourth-order valence-corrected chi connectivity index (χ4v) is 4.78. The van der Waals surface area contributed by atoms with E-state index in [2.05, 4.69) is 37.1 Å². The molecule has 0 aromatic heterocycles. The molecule has 2 aliphatic rings. The molecule has 2 aromatic carbocycles. The standard InChI is InChI=1S/C21H24N2O2/c1-21-12-5-3-4-9-19(21)18-14-16(10-11-20(18)22(21)2)15-7-6-8-17(13-15)23(24)25/h6-8,10-11,13-14,19H,3-5,9,12H2,1-2H3/t19-,21+/m0/s1. The lowest BCUT2D eigenvalue weighted by molar-refractivity contribution is -0.384. The van der Waals surface area contributed by atoms with E-state index in [1.165, 1.54) is 43.4 Å². The molecule has 0 spiro atoms. The highest BCUT2D eigenvalue weighted by molar-refractivity contribution is 5.74. The van der Waals surface area contributed by atoms with Crippen molar-refractivity contribution >= 4 is 11.4 Å². The number of nitrogens with zero attached hydrogens (tertiary/aromatic N) is 2. The van der Waals surface area contributed by atoms with Gasteiger partial charge in [0.05, 0.1) is 4.92 Å². The van der Waals surface area contributed by atoms with Gasteiger partial charge in [-0.15, -0.1) is 0 Å². The van der Waals surface area contributed by atoms with Gasteiger partial charge >= 0.3 is 0 Å². The Bertz CT molecular complexity index is 832. The van der Waals surface area contributed by atoms with Gasteiger partial charge in [-0.1, -0.05) is 37.5 Å². The number of benzene rings is 2. The third-order valence-corrected chi connectivity index (χ3v) is 6.35. The van der Waals surface area contributed by atoms with Crippen LogP contribution in [0.2, 0.25) is 0 Å². The molecule has 0 amide bonds. The number of rotatable bonds is 2. The Morgan fingerprint density at radius 1 is 1.12 bits per heavy atom. The van der Waals surface area contributed by atoms with E-state index in [1.54, 1.807) is 18.2 Å². The summed E-state index contributed by atoms with van der Waals surface area (Å²) in [7, 11) is 2.22. The van der Waals surface area contributed by atoms with Crippen LogP contribution in [0, 0.1) is 10.1 Å². The molecule has 1 aliphatic carbocycles. The molecule has 4 nitrogen and oxygen atoms in total. The van der Waals surface area contributed by atoms with E-state index in [4.69, 9.17) is 0 Å². The number of nitro benzene ring substituents is 1. The van der Waals surface area contributed by atoms with E-state index in [-0.39, 0.29) is 16.1 Å². The lowest BCUT2D eigenvalue weighted by atomic mass is 9.79. The molecule has 4 rings (SSSR count). The molecule has 1 heterocycles. The lowest BCUT2D eigenvalue weighted by Gasteiger charge is -2.38. The van der Waals surface area contributed by atoms with Crippen LogP contribution in [0.1, 0.15) is 50.5 Å². The van der Waals surface area contributed by atoms with Crippen LogP contribution >= 0.6 is 0 Å². The molecular formula is C21H24N2O2. The molecule has 0 N–H and O–H groups in total. The molecule has 1 fully saturated rings. The van der Waals surface area contributed by atoms with Gasteiger partial charge < -0.3 is 4.90 Å². The zero-order valence-corrected chi connectivity index (χ0v) is 14.9. The Kier molecular flexibility index (Phi) is 3.78.